The minimum Gasteiger partial charge on any atom is -0.411 e. The molecule has 7 heteroatoms. The summed E-state index contributed by atoms with van der Waals surface area (Å²) in [5.74, 6) is 0. The number of hydrogen-bond acceptors (Lipinski definition) is 6. The van der Waals surface area contributed by atoms with E-state index >= 15 is 0 Å². The predicted octanol–water partition coefficient (Wildman–Crippen LogP) is 2.91. The molecule has 1 heterocycles. The number of aliphatic hydroxyl groups excluding tert-OH is 2. The number of nitrogens with zero attached hydrogens (tertiary/aromatic N) is 1. The number of oxime groups is 1. The van der Waals surface area contributed by atoms with Gasteiger partial charge in [-0.1, -0.05) is 59.2 Å². The lowest BCUT2D eigenvalue weighted by molar-refractivity contribution is -0.126. The fourth-order valence-electron chi connectivity index (χ4n) is 3.45. The quantitative estimate of drug-likeness (QED) is 0.329. The molecule has 1 aliphatic rings. The van der Waals surface area contributed by atoms with Crippen LogP contribution < -0.4 is 5.73 Å². The zero-order valence-electron chi connectivity index (χ0n) is 15.9. The van der Waals surface area contributed by atoms with Crippen molar-refractivity contribution in [3.05, 3.63) is 75.8 Å². The van der Waals surface area contributed by atoms with Crippen molar-refractivity contribution in [2.24, 2.45) is 10.9 Å². The first-order valence-electron chi connectivity index (χ1n) is 9.43. The predicted molar refractivity (Wildman–Crippen MR) is 113 cm³/mol. The molecule has 1 saturated heterocycles. The van der Waals surface area contributed by atoms with Gasteiger partial charge < -0.3 is 25.9 Å². The van der Waals surface area contributed by atoms with Crippen LogP contribution in [0, 0.1) is 0 Å². The van der Waals surface area contributed by atoms with E-state index in [9.17, 15) is 10.2 Å². The van der Waals surface area contributed by atoms with Gasteiger partial charge in [-0.2, -0.15) is 0 Å². The lowest BCUT2D eigenvalue weighted by atomic mass is 9.91. The van der Waals surface area contributed by atoms with E-state index in [0.717, 1.165) is 22.3 Å². The molecule has 3 unspecified atom stereocenters. The monoisotopic (exact) mass is 416 g/mol. The van der Waals surface area contributed by atoms with Crippen LogP contribution in [-0.4, -0.2) is 46.5 Å². The van der Waals surface area contributed by atoms with Gasteiger partial charge in [-0.05, 0) is 40.8 Å². The highest BCUT2D eigenvalue weighted by Gasteiger charge is 2.35. The second-order valence-corrected chi connectivity index (χ2v) is 7.53. The highest BCUT2D eigenvalue weighted by atomic mass is 35.5. The van der Waals surface area contributed by atoms with Gasteiger partial charge in [0.05, 0.1) is 37.2 Å². The molecular formula is C22H25ClN2O4. The van der Waals surface area contributed by atoms with E-state index in [4.69, 9.17) is 27.3 Å². The van der Waals surface area contributed by atoms with Crippen molar-refractivity contribution in [2.75, 3.05) is 6.61 Å². The van der Waals surface area contributed by atoms with E-state index in [1.165, 1.54) is 6.21 Å². The van der Waals surface area contributed by atoms with Gasteiger partial charge in [-0.3, -0.25) is 0 Å². The number of halogens is 1. The third-order valence-electron chi connectivity index (χ3n) is 5.11. The molecule has 2 aromatic rings. The molecule has 6 nitrogen and oxygen atoms in total. The zero-order chi connectivity index (χ0) is 20.8. The number of rotatable bonds is 6. The molecule has 2 aromatic carbocycles. The Hall–Kier alpha value is -2.22. The molecule has 3 rings (SSSR count). The number of hydrogen-bond donors (Lipinski definition) is 4. The van der Waals surface area contributed by atoms with Crippen LogP contribution >= 0.6 is 11.6 Å². The van der Waals surface area contributed by atoms with E-state index in [-0.39, 0.29) is 12.7 Å². The summed E-state index contributed by atoms with van der Waals surface area (Å²) in [6, 6.07) is 13.1. The Kier molecular flexibility index (Phi) is 7.41. The van der Waals surface area contributed by atoms with Crippen LogP contribution in [-0.2, 0) is 11.2 Å². The van der Waals surface area contributed by atoms with Crippen LogP contribution in [0.15, 0.2) is 53.7 Å². The van der Waals surface area contributed by atoms with Crippen molar-refractivity contribution in [3.63, 3.8) is 0 Å². The maximum absolute atomic E-state index is 10.2. The van der Waals surface area contributed by atoms with Gasteiger partial charge in [0, 0.05) is 11.4 Å². The number of allylic oxidation sites excluding steroid dienone is 1. The largest absolute Gasteiger partial charge is 0.411 e. The van der Waals surface area contributed by atoms with Crippen molar-refractivity contribution >= 4 is 23.9 Å². The van der Waals surface area contributed by atoms with Gasteiger partial charge in [-0.15, -0.1) is 0 Å². The van der Waals surface area contributed by atoms with Crippen molar-refractivity contribution < 1.29 is 20.2 Å². The van der Waals surface area contributed by atoms with Gasteiger partial charge in [0.1, 0.15) is 0 Å². The van der Waals surface area contributed by atoms with Crippen molar-refractivity contribution in [3.8, 4) is 0 Å². The Morgan fingerprint density at radius 1 is 1.21 bits per heavy atom. The van der Waals surface area contributed by atoms with Crippen molar-refractivity contribution in [2.45, 2.75) is 37.2 Å². The van der Waals surface area contributed by atoms with E-state index in [0.29, 0.717) is 17.9 Å². The average Bonchev–Trinajstić information content (AvgIpc) is 2.73. The SMILES string of the molecule is N[C@H]1C(O)CC(c2ccc(Cl)c(Cc3ccc(/C=C/C=N/O)cc3)c2)OC1CO. The maximum atomic E-state index is 10.2. The van der Waals surface area contributed by atoms with Gasteiger partial charge in [0.2, 0.25) is 0 Å². The molecule has 0 amide bonds. The van der Waals surface area contributed by atoms with Crippen LogP contribution in [0.3, 0.4) is 0 Å². The molecule has 154 valence electrons. The normalized spacial score (nSPS) is 25.1. The molecule has 5 N–H and O–H groups in total. The van der Waals surface area contributed by atoms with Crippen molar-refractivity contribution in [1.82, 2.24) is 0 Å². The molecule has 0 saturated carbocycles. The average molecular weight is 417 g/mol. The Balaban J connectivity index is 1.75. The lowest BCUT2D eigenvalue weighted by Crippen LogP contribution is -2.52. The lowest BCUT2D eigenvalue weighted by Gasteiger charge is -2.37. The molecule has 1 fully saturated rings. The van der Waals surface area contributed by atoms with E-state index in [1.54, 1.807) is 6.08 Å². The fraction of sp³-hybridized carbons (Fsp3) is 0.318. The summed E-state index contributed by atoms with van der Waals surface area (Å²) >= 11 is 6.41. The Bertz CT molecular complexity index is 870. The first-order valence-corrected chi connectivity index (χ1v) is 9.81. The van der Waals surface area contributed by atoms with Crippen LogP contribution in [0.4, 0.5) is 0 Å². The minimum absolute atomic E-state index is 0.236. The molecule has 0 aromatic heterocycles. The Morgan fingerprint density at radius 2 is 1.97 bits per heavy atom. The summed E-state index contributed by atoms with van der Waals surface area (Å²) in [5, 5.41) is 31.7. The standard InChI is InChI=1S/C22H25ClN2O4/c23-18-8-7-16(20-12-19(27)22(24)21(13-26)29-20)11-17(18)10-15-5-3-14(4-6-15)2-1-9-25-28/h1-9,11,19-22,26-28H,10,12-13,24H2/b2-1+,25-9+/t19?,20?,21?,22-/m0/s1. The summed E-state index contributed by atoms with van der Waals surface area (Å²) in [7, 11) is 0. The summed E-state index contributed by atoms with van der Waals surface area (Å²) in [4.78, 5) is 0. The molecule has 0 bridgehead atoms. The second-order valence-electron chi connectivity index (χ2n) is 7.12. The molecule has 4 atom stereocenters. The summed E-state index contributed by atoms with van der Waals surface area (Å²) in [6.45, 7) is -0.236. The van der Waals surface area contributed by atoms with Crippen molar-refractivity contribution in [1.29, 1.82) is 0 Å². The number of benzene rings is 2. The van der Waals surface area contributed by atoms with Crippen LogP contribution in [0.25, 0.3) is 6.08 Å². The smallest absolute Gasteiger partial charge is 0.0989 e. The first-order chi connectivity index (χ1) is 14.0. The third kappa shape index (κ3) is 5.44. The molecule has 1 aliphatic heterocycles. The molecular weight excluding hydrogens is 392 g/mol. The summed E-state index contributed by atoms with van der Waals surface area (Å²) in [6.07, 6.45) is 4.13. The van der Waals surface area contributed by atoms with Crippen LogP contribution in [0.5, 0.6) is 0 Å². The topological polar surface area (TPSA) is 108 Å². The molecule has 0 spiro atoms. The Labute approximate surface area is 174 Å². The number of aliphatic hydroxyl groups is 2. The van der Waals surface area contributed by atoms with E-state index < -0.39 is 18.2 Å². The summed E-state index contributed by atoms with van der Waals surface area (Å²) in [5.41, 5.74) is 9.84. The van der Waals surface area contributed by atoms with Gasteiger partial charge in [-0.25, -0.2) is 0 Å². The van der Waals surface area contributed by atoms with E-state index in [2.05, 4.69) is 5.16 Å². The Morgan fingerprint density at radius 3 is 2.66 bits per heavy atom. The van der Waals surface area contributed by atoms with Gasteiger partial charge in [0.15, 0.2) is 0 Å². The first kappa shape index (κ1) is 21.5. The second kappa shape index (κ2) is 10.0. The molecule has 0 radical (unpaired) electrons. The maximum Gasteiger partial charge on any atom is 0.0989 e. The number of ether oxygens (including phenoxy) is 1. The van der Waals surface area contributed by atoms with E-state index in [1.807, 2.05) is 48.5 Å². The minimum atomic E-state index is -0.735. The molecule has 29 heavy (non-hydrogen) atoms. The fourth-order valence-corrected chi connectivity index (χ4v) is 3.63. The number of nitrogens with two attached hydrogens (primary N) is 1. The van der Waals surface area contributed by atoms with Crippen LogP contribution in [0.2, 0.25) is 5.02 Å². The highest BCUT2D eigenvalue weighted by molar-refractivity contribution is 6.31. The van der Waals surface area contributed by atoms with Gasteiger partial charge >= 0.3 is 0 Å². The van der Waals surface area contributed by atoms with Gasteiger partial charge in [0.25, 0.3) is 0 Å². The third-order valence-corrected chi connectivity index (χ3v) is 5.47. The summed E-state index contributed by atoms with van der Waals surface area (Å²) < 4.78 is 5.90. The highest BCUT2D eigenvalue weighted by Crippen LogP contribution is 2.33. The zero-order valence-corrected chi connectivity index (χ0v) is 16.6. The molecule has 0 aliphatic carbocycles. The van der Waals surface area contributed by atoms with Crippen LogP contribution in [0.1, 0.15) is 34.8 Å².